The molecule has 0 bridgehead atoms. The van der Waals surface area contributed by atoms with Gasteiger partial charge in [0, 0.05) is 6.54 Å². The molecule has 1 heterocycles. The van der Waals surface area contributed by atoms with Crippen molar-refractivity contribution < 1.29 is 18.8 Å². The Labute approximate surface area is 156 Å². The lowest BCUT2D eigenvalue weighted by Gasteiger charge is -2.32. The van der Waals surface area contributed by atoms with Crippen LogP contribution in [0.15, 0.2) is 30.9 Å². The van der Waals surface area contributed by atoms with Crippen molar-refractivity contribution in [3.63, 3.8) is 0 Å². The number of anilines is 1. The molecule has 1 fully saturated rings. The molecule has 1 aromatic carbocycles. The van der Waals surface area contributed by atoms with Gasteiger partial charge in [-0.1, -0.05) is 12.6 Å². The molecule has 0 saturated carbocycles. The van der Waals surface area contributed by atoms with E-state index in [0.29, 0.717) is 18.0 Å². The highest BCUT2D eigenvalue weighted by Gasteiger charge is 2.51. The van der Waals surface area contributed by atoms with E-state index >= 15 is 0 Å². The third-order valence-electron chi connectivity index (χ3n) is 4.77. The second kappa shape index (κ2) is 7.82. The zero-order chi connectivity index (χ0) is 19.5. The first-order valence-corrected chi connectivity index (χ1v) is 8.76. The molecule has 0 radical (unpaired) electrons. The minimum atomic E-state index is -0.504. The molecule has 6 nitrogen and oxygen atoms in total. The Kier molecular flexibility index (Phi) is 6.16. The van der Waals surface area contributed by atoms with Crippen LogP contribution in [0.3, 0.4) is 0 Å². The molecule has 1 aromatic rings. The van der Waals surface area contributed by atoms with Gasteiger partial charge in [0.25, 0.3) is 0 Å². The molecule has 1 aliphatic heterocycles. The summed E-state index contributed by atoms with van der Waals surface area (Å²) >= 11 is 0. The molecule has 1 amide bonds. The molecule has 2 rings (SSSR count). The number of ether oxygens (including phenoxy) is 1. The number of likely N-dealkylation sites (N-methyl/N-ethyl adjacent to an activating group) is 1. The maximum atomic E-state index is 11.8. The van der Waals surface area contributed by atoms with Crippen LogP contribution in [0.1, 0.15) is 27.7 Å². The summed E-state index contributed by atoms with van der Waals surface area (Å²) in [5.41, 5.74) is 0.537. The second-order valence-corrected chi connectivity index (χ2v) is 7.69. The average molecular weight is 360 g/mol. The molecule has 7 heteroatoms. The van der Waals surface area contributed by atoms with Crippen LogP contribution in [-0.2, 0) is 14.1 Å². The van der Waals surface area contributed by atoms with Crippen molar-refractivity contribution in [2.45, 2.75) is 38.9 Å². The minimum Gasteiger partial charge on any atom is -0.490 e. The Hall–Kier alpha value is -1.83. The van der Waals surface area contributed by atoms with Crippen LogP contribution in [-0.4, -0.2) is 56.4 Å². The highest BCUT2D eigenvalue weighted by molar-refractivity contribution is 6.62. The van der Waals surface area contributed by atoms with Gasteiger partial charge in [0.1, 0.15) is 12.4 Å². The zero-order valence-electron chi connectivity index (χ0n) is 16.6. The first-order chi connectivity index (χ1) is 12.1. The van der Waals surface area contributed by atoms with Gasteiger partial charge in [-0.15, -0.1) is 0 Å². The van der Waals surface area contributed by atoms with Crippen molar-refractivity contribution in [1.29, 1.82) is 0 Å². The number of nitrogens with zero attached hydrogens (tertiary/aromatic N) is 1. The summed E-state index contributed by atoms with van der Waals surface area (Å²) in [5, 5.41) is 2.80. The van der Waals surface area contributed by atoms with Crippen molar-refractivity contribution in [2.24, 2.45) is 0 Å². The number of benzene rings is 1. The number of carbonyl (C=O) groups excluding carboxylic acids is 1. The van der Waals surface area contributed by atoms with Crippen molar-refractivity contribution in [1.82, 2.24) is 4.90 Å². The SMILES string of the molecule is C=CC(=O)Nc1cc(B2OC(C)(C)C(C)(C)O2)ccc1OCCN(C)C. The van der Waals surface area contributed by atoms with E-state index in [2.05, 4.69) is 11.9 Å². The Balaban J connectivity index is 2.25. The lowest BCUT2D eigenvalue weighted by atomic mass is 9.79. The maximum Gasteiger partial charge on any atom is 0.494 e. The number of rotatable bonds is 7. The van der Waals surface area contributed by atoms with E-state index in [-0.39, 0.29) is 5.91 Å². The van der Waals surface area contributed by atoms with E-state index in [1.54, 1.807) is 0 Å². The third kappa shape index (κ3) is 4.66. The van der Waals surface area contributed by atoms with Crippen LogP contribution < -0.4 is 15.5 Å². The highest BCUT2D eigenvalue weighted by Crippen LogP contribution is 2.37. The van der Waals surface area contributed by atoms with Crippen molar-refractivity contribution in [3.05, 3.63) is 30.9 Å². The summed E-state index contributed by atoms with van der Waals surface area (Å²) < 4.78 is 18.0. The molecular formula is C19H29BN2O4. The standard InChI is InChI=1S/C19H29BN2O4/c1-8-17(23)21-15-13-14(9-10-16(15)24-12-11-22(6)7)20-25-18(2,3)19(4,5)26-20/h8-10,13H,1,11-12H2,2-7H3,(H,21,23). The Bertz CT molecular complexity index is 658. The molecule has 26 heavy (non-hydrogen) atoms. The molecule has 0 aromatic heterocycles. The number of amides is 1. The molecule has 0 unspecified atom stereocenters. The fourth-order valence-corrected chi connectivity index (χ4v) is 2.42. The van der Waals surface area contributed by atoms with Gasteiger partial charge in [-0.2, -0.15) is 0 Å². The van der Waals surface area contributed by atoms with E-state index in [1.807, 2.05) is 64.9 Å². The predicted molar refractivity (Wildman–Crippen MR) is 105 cm³/mol. The van der Waals surface area contributed by atoms with E-state index in [9.17, 15) is 4.79 Å². The predicted octanol–water partition coefficient (Wildman–Crippen LogP) is 2.05. The number of nitrogens with one attached hydrogen (secondary N) is 1. The Morgan fingerprint density at radius 1 is 1.27 bits per heavy atom. The first-order valence-electron chi connectivity index (χ1n) is 8.76. The average Bonchev–Trinajstić information content (AvgIpc) is 2.76. The summed E-state index contributed by atoms with van der Waals surface area (Å²) in [6, 6.07) is 5.56. The summed E-state index contributed by atoms with van der Waals surface area (Å²) in [6.07, 6.45) is 1.23. The van der Waals surface area contributed by atoms with Gasteiger partial charge >= 0.3 is 7.12 Å². The van der Waals surface area contributed by atoms with Crippen molar-refractivity contribution >= 4 is 24.2 Å². The van der Waals surface area contributed by atoms with Gasteiger partial charge in [-0.3, -0.25) is 4.79 Å². The number of hydrogen-bond donors (Lipinski definition) is 1. The van der Waals surface area contributed by atoms with E-state index in [0.717, 1.165) is 12.0 Å². The lowest BCUT2D eigenvalue weighted by Crippen LogP contribution is -2.41. The van der Waals surface area contributed by atoms with Crippen molar-refractivity contribution in [2.75, 3.05) is 32.6 Å². The number of carbonyl (C=O) groups is 1. The van der Waals surface area contributed by atoms with Gasteiger partial charge in [0.2, 0.25) is 5.91 Å². The van der Waals surface area contributed by atoms with E-state index in [1.165, 1.54) is 6.08 Å². The van der Waals surface area contributed by atoms with Crippen LogP contribution in [0.5, 0.6) is 5.75 Å². The van der Waals surface area contributed by atoms with Crippen molar-refractivity contribution in [3.8, 4) is 5.75 Å². The van der Waals surface area contributed by atoms with E-state index < -0.39 is 18.3 Å². The fourth-order valence-electron chi connectivity index (χ4n) is 2.42. The molecule has 0 spiro atoms. The number of hydrogen-bond acceptors (Lipinski definition) is 5. The van der Waals surface area contributed by atoms with Gasteiger partial charge in [0.15, 0.2) is 0 Å². The monoisotopic (exact) mass is 360 g/mol. The molecule has 1 N–H and O–H groups in total. The largest absolute Gasteiger partial charge is 0.494 e. The molecule has 0 atom stereocenters. The van der Waals surface area contributed by atoms with Crippen LogP contribution in [0.4, 0.5) is 5.69 Å². The van der Waals surface area contributed by atoms with Gasteiger partial charge < -0.3 is 24.3 Å². The second-order valence-electron chi connectivity index (χ2n) is 7.69. The lowest BCUT2D eigenvalue weighted by molar-refractivity contribution is -0.111. The van der Waals surface area contributed by atoms with Crippen LogP contribution >= 0.6 is 0 Å². The van der Waals surface area contributed by atoms with Gasteiger partial charge in [-0.05, 0) is 65.5 Å². The molecule has 0 aliphatic carbocycles. The quantitative estimate of drug-likeness (QED) is 0.596. The molecule has 142 valence electrons. The zero-order valence-corrected chi connectivity index (χ0v) is 16.6. The molecular weight excluding hydrogens is 331 g/mol. The van der Waals surface area contributed by atoms with E-state index in [4.69, 9.17) is 14.0 Å². The van der Waals surface area contributed by atoms with Crippen LogP contribution in [0.25, 0.3) is 0 Å². The Morgan fingerprint density at radius 2 is 1.88 bits per heavy atom. The summed E-state index contributed by atoms with van der Waals surface area (Å²) in [5.74, 6) is 0.302. The normalized spacial score (nSPS) is 18.0. The van der Waals surface area contributed by atoms with Gasteiger partial charge in [0.05, 0.1) is 16.9 Å². The summed E-state index contributed by atoms with van der Waals surface area (Å²) in [4.78, 5) is 13.8. The third-order valence-corrected chi connectivity index (χ3v) is 4.77. The Morgan fingerprint density at radius 3 is 2.42 bits per heavy atom. The smallest absolute Gasteiger partial charge is 0.490 e. The summed E-state index contributed by atoms with van der Waals surface area (Å²) in [6.45, 7) is 12.8. The maximum absolute atomic E-state index is 11.8. The fraction of sp³-hybridized carbons (Fsp3) is 0.526. The molecule has 1 saturated heterocycles. The summed E-state index contributed by atoms with van der Waals surface area (Å²) in [7, 11) is 3.45. The highest BCUT2D eigenvalue weighted by atomic mass is 16.7. The minimum absolute atomic E-state index is 0.298. The van der Waals surface area contributed by atoms with Crippen LogP contribution in [0.2, 0.25) is 0 Å². The first kappa shape index (κ1) is 20.5. The van der Waals surface area contributed by atoms with Crippen LogP contribution in [0, 0.1) is 0 Å². The topological polar surface area (TPSA) is 60.0 Å². The van der Waals surface area contributed by atoms with Gasteiger partial charge in [-0.25, -0.2) is 0 Å². The molecule has 1 aliphatic rings.